The van der Waals surface area contributed by atoms with Crippen molar-refractivity contribution in [1.82, 2.24) is 4.72 Å². The quantitative estimate of drug-likeness (QED) is 0.704. The van der Waals surface area contributed by atoms with Crippen LogP contribution in [0.15, 0.2) is 23.1 Å². The smallest absolute Gasteiger partial charge is 0.341 e. The molecule has 0 aliphatic rings. The van der Waals surface area contributed by atoms with Gasteiger partial charge in [-0.05, 0) is 24.1 Å². The van der Waals surface area contributed by atoms with E-state index < -0.39 is 33.9 Å². The molecule has 0 saturated heterocycles. The van der Waals surface area contributed by atoms with Gasteiger partial charge in [-0.15, -0.1) is 0 Å². The fourth-order valence-electron chi connectivity index (χ4n) is 1.83. The molecular weight excluding hydrogens is 326 g/mol. The van der Waals surface area contributed by atoms with Gasteiger partial charge in [0.15, 0.2) is 0 Å². The molecule has 0 saturated carbocycles. The van der Waals surface area contributed by atoms with Crippen LogP contribution in [-0.2, 0) is 19.6 Å². The Bertz CT molecular complexity index is 697. The van der Waals surface area contributed by atoms with E-state index >= 15 is 0 Å². The molecule has 1 atom stereocenters. The minimum absolute atomic E-state index is 0.0747. The van der Waals surface area contributed by atoms with Gasteiger partial charge in [0.2, 0.25) is 10.0 Å². The zero-order chi connectivity index (χ0) is 17.8. The summed E-state index contributed by atoms with van der Waals surface area (Å²) >= 11 is 0. The summed E-state index contributed by atoms with van der Waals surface area (Å²) in [5.41, 5.74) is -0.0747. The molecule has 23 heavy (non-hydrogen) atoms. The van der Waals surface area contributed by atoms with E-state index in [4.69, 9.17) is 9.84 Å². The van der Waals surface area contributed by atoms with Crippen LogP contribution in [0.25, 0.3) is 0 Å². The van der Waals surface area contributed by atoms with Crippen molar-refractivity contribution in [3.8, 4) is 5.75 Å². The molecule has 0 aliphatic heterocycles. The number of rotatable bonds is 7. The number of methoxy groups -OCH3 is 2. The summed E-state index contributed by atoms with van der Waals surface area (Å²) in [5.74, 6) is -2.36. The molecule has 9 heteroatoms. The van der Waals surface area contributed by atoms with Crippen LogP contribution in [0.5, 0.6) is 5.75 Å². The third kappa shape index (κ3) is 4.42. The number of carboxylic acids is 1. The van der Waals surface area contributed by atoms with E-state index in [2.05, 4.69) is 9.46 Å². The Morgan fingerprint density at radius 1 is 1.22 bits per heavy atom. The predicted molar refractivity (Wildman–Crippen MR) is 80.9 cm³/mol. The van der Waals surface area contributed by atoms with Crippen molar-refractivity contribution in [2.75, 3.05) is 14.2 Å². The average Bonchev–Trinajstić information content (AvgIpc) is 2.50. The van der Waals surface area contributed by atoms with Crippen LogP contribution in [-0.4, -0.2) is 45.7 Å². The van der Waals surface area contributed by atoms with E-state index in [-0.39, 0.29) is 16.2 Å². The highest BCUT2D eigenvalue weighted by Gasteiger charge is 2.29. The van der Waals surface area contributed by atoms with Gasteiger partial charge in [0.1, 0.15) is 17.4 Å². The molecule has 1 rings (SSSR count). The highest BCUT2D eigenvalue weighted by Crippen LogP contribution is 2.23. The van der Waals surface area contributed by atoms with Crippen molar-refractivity contribution in [3.63, 3.8) is 0 Å². The van der Waals surface area contributed by atoms with E-state index in [0.29, 0.717) is 0 Å². The molecule has 0 amide bonds. The molecule has 0 heterocycles. The number of hydrogen-bond acceptors (Lipinski definition) is 6. The highest BCUT2D eigenvalue weighted by atomic mass is 32.2. The molecule has 0 fully saturated rings. The average molecular weight is 345 g/mol. The second-order valence-corrected chi connectivity index (χ2v) is 6.75. The molecule has 1 aromatic rings. The van der Waals surface area contributed by atoms with Gasteiger partial charge in [-0.2, -0.15) is 4.72 Å². The maximum absolute atomic E-state index is 12.3. The van der Waals surface area contributed by atoms with E-state index in [1.807, 2.05) is 0 Å². The summed E-state index contributed by atoms with van der Waals surface area (Å²) < 4.78 is 36.4. The predicted octanol–water partition coefficient (Wildman–Crippen LogP) is 0.869. The standard InChI is InChI=1S/C14H19NO7S/c1-8(2)12(13(16)17)15-23(19,20)9-5-6-11(21-3)10(7-9)14(18)22-4/h5-8,12,15H,1-4H3,(H,16,17)/t12-/m1/s1. The highest BCUT2D eigenvalue weighted by molar-refractivity contribution is 7.89. The number of aliphatic carboxylic acids is 1. The lowest BCUT2D eigenvalue weighted by atomic mass is 10.1. The van der Waals surface area contributed by atoms with E-state index in [1.54, 1.807) is 13.8 Å². The maximum atomic E-state index is 12.3. The number of carbonyl (C=O) groups is 2. The van der Waals surface area contributed by atoms with Gasteiger partial charge in [-0.3, -0.25) is 4.79 Å². The topological polar surface area (TPSA) is 119 Å². The minimum atomic E-state index is -4.13. The molecule has 0 radical (unpaired) electrons. The number of carboxylic acid groups (broad SMARTS) is 1. The largest absolute Gasteiger partial charge is 0.496 e. The monoisotopic (exact) mass is 345 g/mol. The minimum Gasteiger partial charge on any atom is -0.496 e. The van der Waals surface area contributed by atoms with Gasteiger partial charge in [-0.25, -0.2) is 13.2 Å². The Balaban J connectivity index is 3.28. The summed E-state index contributed by atoms with van der Waals surface area (Å²) in [6, 6.07) is 2.30. The van der Waals surface area contributed by atoms with Crippen LogP contribution in [0.1, 0.15) is 24.2 Å². The number of hydrogen-bond donors (Lipinski definition) is 2. The molecule has 0 spiro atoms. The summed E-state index contributed by atoms with van der Waals surface area (Å²) in [4.78, 5) is 22.6. The van der Waals surface area contributed by atoms with Crippen LogP contribution in [0.2, 0.25) is 0 Å². The van der Waals surface area contributed by atoms with Crippen LogP contribution >= 0.6 is 0 Å². The number of carbonyl (C=O) groups excluding carboxylic acids is 1. The molecule has 0 aromatic heterocycles. The first-order valence-electron chi connectivity index (χ1n) is 6.65. The van der Waals surface area contributed by atoms with Crippen LogP contribution in [0.3, 0.4) is 0 Å². The third-order valence-corrected chi connectivity index (χ3v) is 4.54. The van der Waals surface area contributed by atoms with Crippen molar-refractivity contribution in [1.29, 1.82) is 0 Å². The fourth-order valence-corrected chi connectivity index (χ4v) is 3.19. The summed E-state index contributed by atoms with van der Waals surface area (Å²) in [6.45, 7) is 3.16. The first-order chi connectivity index (χ1) is 10.6. The molecule has 128 valence electrons. The molecule has 0 aliphatic carbocycles. The third-order valence-electron chi connectivity index (χ3n) is 3.10. The Morgan fingerprint density at radius 2 is 1.83 bits per heavy atom. The van der Waals surface area contributed by atoms with Crippen LogP contribution in [0.4, 0.5) is 0 Å². The lowest BCUT2D eigenvalue weighted by molar-refractivity contribution is -0.140. The van der Waals surface area contributed by atoms with Crippen molar-refractivity contribution < 1.29 is 32.6 Å². The molecular formula is C14H19NO7S. The van der Waals surface area contributed by atoms with Crippen LogP contribution in [0, 0.1) is 5.92 Å². The number of benzene rings is 1. The lowest BCUT2D eigenvalue weighted by Gasteiger charge is -2.18. The molecule has 1 aromatic carbocycles. The summed E-state index contributed by atoms with van der Waals surface area (Å²) in [6.07, 6.45) is 0. The fraction of sp³-hybridized carbons (Fsp3) is 0.429. The van der Waals surface area contributed by atoms with E-state index in [9.17, 15) is 18.0 Å². The van der Waals surface area contributed by atoms with Crippen molar-refractivity contribution >= 4 is 22.0 Å². The summed E-state index contributed by atoms with van der Waals surface area (Å²) in [5, 5.41) is 9.10. The Kier molecular flexibility index (Phi) is 6.11. The van der Waals surface area contributed by atoms with Crippen molar-refractivity contribution in [3.05, 3.63) is 23.8 Å². The first-order valence-corrected chi connectivity index (χ1v) is 8.13. The van der Waals surface area contributed by atoms with Gasteiger partial charge in [0.05, 0.1) is 19.1 Å². The molecule has 0 bridgehead atoms. The molecule has 8 nitrogen and oxygen atoms in total. The zero-order valence-electron chi connectivity index (χ0n) is 13.2. The van der Waals surface area contributed by atoms with Gasteiger partial charge in [0.25, 0.3) is 0 Å². The number of sulfonamides is 1. The van der Waals surface area contributed by atoms with Crippen LogP contribution < -0.4 is 9.46 Å². The number of ether oxygens (including phenoxy) is 2. The second kappa shape index (κ2) is 7.42. The first kappa shape index (κ1) is 18.9. The van der Waals surface area contributed by atoms with Gasteiger partial charge >= 0.3 is 11.9 Å². The van der Waals surface area contributed by atoms with Gasteiger partial charge < -0.3 is 14.6 Å². The van der Waals surface area contributed by atoms with E-state index in [0.717, 1.165) is 13.2 Å². The summed E-state index contributed by atoms with van der Waals surface area (Å²) in [7, 11) is -1.65. The maximum Gasteiger partial charge on any atom is 0.341 e. The number of nitrogens with one attached hydrogen (secondary N) is 1. The van der Waals surface area contributed by atoms with Crippen molar-refractivity contribution in [2.24, 2.45) is 5.92 Å². The lowest BCUT2D eigenvalue weighted by Crippen LogP contribution is -2.44. The van der Waals surface area contributed by atoms with Crippen molar-refractivity contribution in [2.45, 2.75) is 24.8 Å². The van der Waals surface area contributed by atoms with E-state index in [1.165, 1.54) is 19.2 Å². The zero-order valence-corrected chi connectivity index (χ0v) is 14.0. The number of esters is 1. The SMILES string of the molecule is COC(=O)c1cc(S(=O)(=O)N[C@@H](C(=O)O)C(C)C)ccc1OC. The Labute approximate surface area is 134 Å². The van der Waals surface area contributed by atoms with Gasteiger partial charge in [-0.1, -0.05) is 13.8 Å². The normalized spacial score (nSPS) is 12.7. The molecule has 0 unspecified atom stereocenters. The Hall–Kier alpha value is -2.13. The molecule has 2 N–H and O–H groups in total. The Morgan fingerprint density at radius 3 is 2.26 bits per heavy atom. The van der Waals surface area contributed by atoms with Gasteiger partial charge in [0, 0.05) is 0 Å². The second-order valence-electron chi connectivity index (χ2n) is 5.03.